The van der Waals surface area contributed by atoms with Crippen LogP contribution in [0.2, 0.25) is 13.3 Å². The Kier molecular flexibility index (Phi) is 13.8. The molecule has 0 atom stereocenters. The second-order valence-electron chi connectivity index (χ2n) is 5.94. The van der Waals surface area contributed by atoms with Gasteiger partial charge in [-0.1, -0.05) is 0 Å². The number of hydrogen-bond acceptors (Lipinski definition) is 1. The van der Waals surface area contributed by atoms with Gasteiger partial charge in [0.15, 0.2) is 0 Å². The minimum absolute atomic E-state index is 0.339. The molecule has 0 bridgehead atoms. The predicted octanol–water partition coefficient (Wildman–Crippen LogP) is 5.70. The summed E-state index contributed by atoms with van der Waals surface area (Å²) in [7, 11) is 0. The third kappa shape index (κ3) is 9.95. The van der Waals surface area contributed by atoms with Crippen molar-refractivity contribution in [3.05, 3.63) is 10.2 Å². The van der Waals surface area contributed by atoms with Crippen LogP contribution in [0.15, 0.2) is 10.2 Å². The Bertz CT molecular complexity index is 192. The number of hydrogen-bond donors (Lipinski definition) is 1. The van der Waals surface area contributed by atoms with Crippen molar-refractivity contribution >= 4 is 18.4 Å². The molecule has 0 aromatic carbocycles. The Morgan fingerprint density at radius 2 is 1.26 bits per heavy atom. The quantitative estimate of drug-likeness (QED) is 0.323. The van der Waals surface area contributed by atoms with Gasteiger partial charge in [-0.15, -0.1) is 0 Å². The Labute approximate surface area is 125 Å². The Morgan fingerprint density at radius 1 is 0.789 bits per heavy atom. The van der Waals surface area contributed by atoms with Crippen LogP contribution in [0, 0.1) is 0 Å². The summed E-state index contributed by atoms with van der Waals surface area (Å²) in [6.45, 7) is 7.31. The molecule has 114 valence electrons. The topological polar surface area (TPSA) is 20.2 Å². The molecule has 1 N–H and O–H groups in total. The summed E-state index contributed by atoms with van der Waals surface area (Å²) in [6.07, 6.45) is 12.8. The molecule has 0 aliphatic carbocycles. The van der Waals surface area contributed by atoms with Crippen molar-refractivity contribution in [1.82, 2.24) is 0 Å². The van der Waals surface area contributed by atoms with Crippen LogP contribution >= 0.6 is 0 Å². The monoisotopic (exact) mass is 376 g/mol. The molecule has 0 spiro atoms. The average molecular weight is 375 g/mol. The van der Waals surface area contributed by atoms with E-state index in [2.05, 4.69) is 30.9 Å². The number of unbranched alkanes of at least 4 members (excludes halogenated alkanes) is 4. The fraction of sp³-hybridized carbons (Fsp3) is 0.882. The molecule has 0 aliphatic rings. The SMILES string of the molecule is CCC[CH2][Sn](/[CH]=C/CCCO)([CH2]CCC)[CH2]CCC. The van der Waals surface area contributed by atoms with Crippen LogP contribution in [0.4, 0.5) is 0 Å². The summed E-state index contributed by atoms with van der Waals surface area (Å²) in [4.78, 5) is 0. The fourth-order valence-electron chi connectivity index (χ4n) is 2.75. The van der Waals surface area contributed by atoms with Crippen LogP contribution in [-0.4, -0.2) is 30.1 Å². The van der Waals surface area contributed by atoms with Crippen molar-refractivity contribution in [1.29, 1.82) is 0 Å². The van der Waals surface area contributed by atoms with Gasteiger partial charge in [-0.05, 0) is 0 Å². The van der Waals surface area contributed by atoms with E-state index in [0.717, 1.165) is 12.8 Å². The van der Waals surface area contributed by atoms with Gasteiger partial charge in [-0.25, -0.2) is 0 Å². The Morgan fingerprint density at radius 3 is 1.63 bits per heavy atom. The first-order valence-corrected chi connectivity index (χ1v) is 16.2. The zero-order valence-electron chi connectivity index (χ0n) is 13.6. The maximum absolute atomic E-state index is 8.90. The van der Waals surface area contributed by atoms with Gasteiger partial charge in [0.05, 0.1) is 0 Å². The molecule has 0 saturated heterocycles. The van der Waals surface area contributed by atoms with E-state index in [1.807, 2.05) is 0 Å². The summed E-state index contributed by atoms with van der Waals surface area (Å²) >= 11 is -2.00. The molecular weight excluding hydrogens is 339 g/mol. The van der Waals surface area contributed by atoms with Gasteiger partial charge in [-0.2, -0.15) is 0 Å². The molecule has 2 heteroatoms. The molecule has 0 rings (SSSR count). The van der Waals surface area contributed by atoms with Crippen molar-refractivity contribution in [2.45, 2.75) is 85.4 Å². The summed E-state index contributed by atoms with van der Waals surface area (Å²) in [5, 5.41) is 8.90. The van der Waals surface area contributed by atoms with Crippen LogP contribution < -0.4 is 0 Å². The van der Waals surface area contributed by atoms with Crippen molar-refractivity contribution in [2.75, 3.05) is 6.61 Å². The molecule has 1 nitrogen and oxygen atoms in total. The second-order valence-corrected chi connectivity index (χ2v) is 19.0. The predicted molar refractivity (Wildman–Crippen MR) is 90.4 cm³/mol. The molecule has 0 aromatic heterocycles. The van der Waals surface area contributed by atoms with Crippen molar-refractivity contribution in [3.63, 3.8) is 0 Å². The molecule has 0 aliphatic heterocycles. The number of rotatable bonds is 13. The van der Waals surface area contributed by atoms with Crippen LogP contribution in [0.1, 0.15) is 72.1 Å². The van der Waals surface area contributed by atoms with Gasteiger partial charge in [0.2, 0.25) is 0 Å². The van der Waals surface area contributed by atoms with Crippen LogP contribution in [0.5, 0.6) is 0 Å². The Hall–Kier alpha value is 0.499. The molecule has 0 heterocycles. The van der Waals surface area contributed by atoms with E-state index in [4.69, 9.17) is 5.11 Å². The molecule has 19 heavy (non-hydrogen) atoms. The van der Waals surface area contributed by atoms with Crippen LogP contribution in [0.25, 0.3) is 0 Å². The number of aliphatic hydroxyl groups is 1. The zero-order valence-corrected chi connectivity index (χ0v) is 16.4. The molecular formula is C17H36OSn. The van der Waals surface area contributed by atoms with Gasteiger partial charge in [0.1, 0.15) is 0 Å². The van der Waals surface area contributed by atoms with E-state index in [1.54, 1.807) is 13.3 Å². The summed E-state index contributed by atoms with van der Waals surface area (Å²) < 4.78 is 7.38. The van der Waals surface area contributed by atoms with Gasteiger partial charge in [-0.3, -0.25) is 0 Å². The van der Waals surface area contributed by atoms with E-state index in [0.29, 0.717) is 6.61 Å². The normalized spacial score (nSPS) is 12.4. The number of allylic oxidation sites excluding steroid dienone is 1. The molecule has 0 amide bonds. The molecule has 0 unspecified atom stereocenters. The molecule has 0 radical (unpaired) electrons. The summed E-state index contributed by atoms with van der Waals surface area (Å²) in [6, 6.07) is 0. The molecule has 0 saturated carbocycles. The molecule has 0 fully saturated rings. The summed E-state index contributed by atoms with van der Waals surface area (Å²) in [5.74, 6) is 0. The summed E-state index contributed by atoms with van der Waals surface area (Å²) in [5.41, 5.74) is 0. The number of aliphatic hydroxyl groups excluding tert-OH is 1. The van der Waals surface area contributed by atoms with Gasteiger partial charge < -0.3 is 0 Å². The fourth-order valence-corrected chi connectivity index (χ4v) is 17.3. The zero-order chi connectivity index (χ0) is 14.4. The first-order valence-electron chi connectivity index (χ1n) is 8.53. The average Bonchev–Trinajstić information content (AvgIpc) is 2.44. The van der Waals surface area contributed by atoms with Crippen molar-refractivity contribution in [2.24, 2.45) is 0 Å². The third-order valence-electron chi connectivity index (χ3n) is 4.08. The second kappa shape index (κ2) is 13.5. The van der Waals surface area contributed by atoms with E-state index in [1.165, 1.54) is 38.5 Å². The van der Waals surface area contributed by atoms with Gasteiger partial charge in [0, 0.05) is 0 Å². The minimum atomic E-state index is -2.00. The van der Waals surface area contributed by atoms with Gasteiger partial charge in [0.25, 0.3) is 0 Å². The Balaban J connectivity index is 4.60. The first kappa shape index (κ1) is 19.5. The van der Waals surface area contributed by atoms with Crippen LogP contribution in [-0.2, 0) is 0 Å². The molecule has 0 aromatic rings. The van der Waals surface area contributed by atoms with E-state index in [-0.39, 0.29) is 0 Å². The van der Waals surface area contributed by atoms with Crippen molar-refractivity contribution < 1.29 is 5.11 Å². The standard InChI is InChI=1S/C5H9O.3C4H9.Sn/c1-2-3-4-5-6;3*1-3-4-2;/h1-2,6H,3-5H2;3*1,3-4H2,2H3;. The van der Waals surface area contributed by atoms with E-state index < -0.39 is 18.4 Å². The van der Waals surface area contributed by atoms with Crippen LogP contribution in [0.3, 0.4) is 0 Å². The van der Waals surface area contributed by atoms with Crippen molar-refractivity contribution in [3.8, 4) is 0 Å². The first-order chi connectivity index (χ1) is 9.24. The maximum atomic E-state index is 8.90. The van der Waals surface area contributed by atoms with E-state index >= 15 is 0 Å². The van der Waals surface area contributed by atoms with E-state index in [9.17, 15) is 0 Å². The van der Waals surface area contributed by atoms with Gasteiger partial charge >= 0.3 is 126 Å². The third-order valence-corrected chi connectivity index (χ3v) is 18.3.